The lowest BCUT2D eigenvalue weighted by molar-refractivity contribution is 0.483. The summed E-state index contributed by atoms with van der Waals surface area (Å²) in [4.78, 5) is 0. The summed E-state index contributed by atoms with van der Waals surface area (Å²) in [6, 6.07) is 3.51. The number of rotatable bonds is 0. The van der Waals surface area contributed by atoms with Crippen molar-refractivity contribution in [3.8, 4) is 5.75 Å². The average molecular weight is 170 g/mol. The molecule has 4 radical (unpaired) electrons. The van der Waals surface area contributed by atoms with Crippen LogP contribution >= 0.6 is 0 Å². The van der Waals surface area contributed by atoms with Crippen LogP contribution < -0.4 is 10.9 Å². The molecule has 0 aliphatic rings. The van der Waals surface area contributed by atoms with Crippen molar-refractivity contribution in [2.45, 2.75) is 26.2 Å². The van der Waals surface area contributed by atoms with E-state index < -0.39 is 0 Å². The van der Waals surface area contributed by atoms with E-state index in [2.05, 4.69) is 20.8 Å². The minimum Gasteiger partial charge on any atom is -0.509 e. The summed E-state index contributed by atoms with van der Waals surface area (Å²) in [7, 11) is 11.2. The summed E-state index contributed by atoms with van der Waals surface area (Å²) in [5.41, 5.74) is 1.70. The fraction of sp³-hybridized carbons (Fsp3) is 0.400. The maximum atomic E-state index is 9.35. The molecule has 0 aromatic heterocycles. The molecule has 0 atom stereocenters. The van der Waals surface area contributed by atoms with Crippen molar-refractivity contribution in [1.82, 2.24) is 0 Å². The molecule has 0 fully saturated rings. The number of hydrogen-bond donors (Lipinski definition) is 1. The zero-order valence-electron chi connectivity index (χ0n) is 8.26. The standard InChI is InChI=1S/C10H12B2O/c1-10(2,3)6-4-7(11)9(13)8(12)5-6/h4-5,13H,1-3H3. The molecule has 0 saturated heterocycles. The number of phenols is 1. The van der Waals surface area contributed by atoms with E-state index in [1.807, 2.05) is 0 Å². The first kappa shape index (κ1) is 10.2. The quantitative estimate of drug-likeness (QED) is 0.554. The van der Waals surface area contributed by atoms with E-state index in [0.29, 0.717) is 10.9 Å². The van der Waals surface area contributed by atoms with Crippen molar-refractivity contribution in [2.75, 3.05) is 0 Å². The minimum absolute atomic E-state index is 0.00403. The van der Waals surface area contributed by atoms with Gasteiger partial charge in [-0.05, 0) is 11.0 Å². The predicted octanol–water partition coefficient (Wildman–Crippen LogP) is 0.277. The first-order valence-corrected chi connectivity index (χ1v) is 4.21. The van der Waals surface area contributed by atoms with Gasteiger partial charge >= 0.3 is 0 Å². The molecule has 0 spiro atoms. The summed E-state index contributed by atoms with van der Waals surface area (Å²) < 4.78 is 0. The van der Waals surface area contributed by atoms with Crippen LogP contribution in [0, 0.1) is 0 Å². The van der Waals surface area contributed by atoms with Gasteiger partial charge in [0, 0.05) is 0 Å². The van der Waals surface area contributed by atoms with Crippen LogP contribution in [0.15, 0.2) is 12.1 Å². The Labute approximate surface area is 82.0 Å². The second kappa shape index (κ2) is 3.13. The Morgan fingerprint density at radius 3 is 1.77 bits per heavy atom. The van der Waals surface area contributed by atoms with Crippen molar-refractivity contribution < 1.29 is 5.11 Å². The van der Waals surface area contributed by atoms with Gasteiger partial charge in [-0.25, -0.2) is 0 Å². The monoisotopic (exact) mass is 170 g/mol. The van der Waals surface area contributed by atoms with Crippen LogP contribution in [0.25, 0.3) is 0 Å². The summed E-state index contributed by atoms with van der Waals surface area (Å²) in [5, 5.41) is 9.35. The summed E-state index contributed by atoms with van der Waals surface area (Å²) in [5.74, 6) is -0.0204. The number of aromatic hydroxyl groups is 1. The van der Waals surface area contributed by atoms with Gasteiger partial charge in [0.1, 0.15) is 21.4 Å². The average Bonchev–Trinajstić information content (AvgIpc) is 1.97. The fourth-order valence-corrected chi connectivity index (χ4v) is 1.11. The number of hydrogen-bond acceptors (Lipinski definition) is 1. The molecule has 0 saturated carbocycles. The van der Waals surface area contributed by atoms with Gasteiger partial charge in [-0.1, -0.05) is 43.8 Å². The third-order valence-corrected chi connectivity index (χ3v) is 2.03. The summed E-state index contributed by atoms with van der Waals surface area (Å²) in [6.45, 7) is 6.20. The lowest BCUT2D eigenvalue weighted by atomic mass is 9.77. The highest BCUT2D eigenvalue weighted by molar-refractivity contribution is 6.41. The van der Waals surface area contributed by atoms with Gasteiger partial charge in [-0.3, -0.25) is 0 Å². The molecule has 1 aromatic carbocycles. The Kier molecular flexibility index (Phi) is 2.47. The van der Waals surface area contributed by atoms with Crippen molar-refractivity contribution >= 4 is 26.6 Å². The fourth-order valence-electron chi connectivity index (χ4n) is 1.11. The molecular formula is C10H12B2O. The largest absolute Gasteiger partial charge is 0.509 e. The molecular weight excluding hydrogens is 158 g/mol. The maximum Gasteiger partial charge on any atom is 0.118 e. The molecule has 1 rings (SSSR count). The molecule has 0 aliphatic heterocycles. The van der Waals surface area contributed by atoms with Gasteiger partial charge in [0.15, 0.2) is 0 Å². The molecule has 3 heteroatoms. The lowest BCUT2D eigenvalue weighted by Crippen LogP contribution is -2.22. The predicted molar refractivity (Wildman–Crippen MR) is 57.6 cm³/mol. The topological polar surface area (TPSA) is 20.2 Å². The highest BCUT2D eigenvalue weighted by Crippen LogP contribution is 2.21. The van der Waals surface area contributed by atoms with Gasteiger partial charge in [0.25, 0.3) is 0 Å². The lowest BCUT2D eigenvalue weighted by Gasteiger charge is -2.21. The van der Waals surface area contributed by atoms with Gasteiger partial charge in [0.2, 0.25) is 0 Å². The zero-order valence-corrected chi connectivity index (χ0v) is 8.26. The van der Waals surface area contributed by atoms with E-state index in [1.165, 1.54) is 0 Å². The van der Waals surface area contributed by atoms with Crippen LogP contribution in [-0.2, 0) is 5.41 Å². The van der Waals surface area contributed by atoms with Crippen LogP contribution in [0.2, 0.25) is 0 Å². The Balaban J connectivity index is 3.29. The second-order valence-corrected chi connectivity index (χ2v) is 4.25. The van der Waals surface area contributed by atoms with E-state index in [4.69, 9.17) is 15.7 Å². The van der Waals surface area contributed by atoms with Gasteiger partial charge in [-0.15, -0.1) is 0 Å². The Bertz CT molecular complexity index is 303. The molecule has 0 unspecified atom stereocenters. The molecule has 0 bridgehead atoms. The molecule has 0 amide bonds. The van der Waals surface area contributed by atoms with Gasteiger partial charge in [-0.2, -0.15) is 0 Å². The van der Waals surface area contributed by atoms with Gasteiger partial charge in [0.05, 0.1) is 0 Å². The molecule has 0 aliphatic carbocycles. The normalized spacial score (nSPS) is 11.6. The Hall–Kier alpha value is -0.850. The van der Waals surface area contributed by atoms with Crippen molar-refractivity contribution in [3.63, 3.8) is 0 Å². The van der Waals surface area contributed by atoms with Crippen molar-refractivity contribution in [2.24, 2.45) is 0 Å². The Morgan fingerprint density at radius 2 is 1.46 bits per heavy atom. The number of phenolic OH excluding ortho intramolecular Hbond substituents is 1. The van der Waals surface area contributed by atoms with Crippen LogP contribution in [0.3, 0.4) is 0 Å². The maximum absolute atomic E-state index is 9.35. The van der Waals surface area contributed by atoms with Crippen molar-refractivity contribution in [3.05, 3.63) is 17.7 Å². The van der Waals surface area contributed by atoms with E-state index >= 15 is 0 Å². The zero-order chi connectivity index (χ0) is 10.2. The SMILES string of the molecule is [B]c1cc(C(C)(C)C)cc([B])c1O. The Morgan fingerprint density at radius 1 is 1.08 bits per heavy atom. The highest BCUT2D eigenvalue weighted by Gasteiger charge is 2.15. The molecule has 13 heavy (non-hydrogen) atoms. The first-order valence-electron chi connectivity index (χ1n) is 4.21. The number of benzene rings is 1. The molecule has 1 aromatic rings. The van der Waals surface area contributed by atoms with Crippen LogP contribution in [-0.4, -0.2) is 20.8 Å². The van der Waals surface area contributed by atoms with Crippen LogP contribution in [0.4, 0.5) is 0 Å². The van der Waals surface area contributed by atoms with Crippen LogP contribution in [0.5, 0.6) is 5.75 Å². The van der Waals surface area contributed by atoms with Crippen LogP contribution in [0.1, 0.15) is 26.3 Å². The minimum atomic E-state index is -0.0204. The highest BCUT2D eigenvalue weighted by atomic mass is 16.3. The summed E-state index contributed by atoms with van der Waals surface area (Å²) >= 11 is 0. The molecule has 1 nitrogen and oxygen atoms in total. The summed E-state index contributed by atoms with van der Waals surface area (Å²) in [6.07, 6.45) is 0. The third kappa shape index (κ3) is 2.09. The van der Waals surface area contributed by atoms with E-state index in [1.54, 1.807) is 12.1 Å². The molecule has 64 valence electrons. The second-order valence-electron chi connectivity index (χ2n) is 4.25. The molecule has 1 N–H and O–H groups in total. The van der Waals surface area contributed by atoms with E-state index in [9.17, 15) is 5.11 Å². The van der Waals surface area contributed by atoms with E-state index in [0.717, 1.165) is 5.56 Å². The van der Waals surface area contributed by atoms with E-state index in [-0.39, 0.29) is 11.2 Å². The van der Waals surface area contributed by atoms with Crippen molar-refractivity contribution in [1.29, 1.82) is 0 Å². The first-order chi connectivity index (χ1) is 5.82. The third-order valence-electron chi connectivity index (χ3n) is 2.03. The molecule has 0 heterocycles. The van der Waals surface area contributed by atoms with Gasteiger partial charge < -0.3 is 5.11 Å². The smallest absolute Gasteiger partial charge is 0.118 e.